The molecule has 182 valence electrons. The fraction of sp³-hybridized carbons (Fsp3) is 0.409. The van der Waals surface area contributed by atoms with E-state index in [0.29, 0.717) is 29.3 Å². The third kappa shape index (κ3) is 4.96. The van der Waals surface area contributed by atoms with E-state index < -0.39 is 22.0 Å². The number of amides is 1. The van der Waals surface area contributed by atoms with E-state index in [1.54, 1.807) is 11.6 Å². The molecule has 0 bridgehead atoms. The van der Waals surface area contributed by atoms with Crippen LogP contribution in [0.2, 0.25) is 5.02 Å². The van der Waals surface area contributed by atoms with Gasteiger partial charge in [0.25, 0.3) is 5.91 Å². The van der Waals surface area contributed by atoms with Crippen LogP contribution in [0.5, 0.6) is 0 Å². The summed E-state index contributed by atoms with van der Waals surface area (Å²) in [6.07, 6.45) is 3.25. The van der Waals surface area contributed by atoms with Crippen LogP contribution in [0.15, 0.2) is 30.5 Å². The molecule has 1 saturated heterocycles. The molecule has 34 heavy (non-hydrogen) atoms. The van der Waals surface area contributed by atoms with Crippen molar-refractivity contribution in [2.75, 3.05) is 36.0 Å². The molecule has 0 saturated carbocycles. The molecular weight excluding hydrogens is 480 g/mol. The highest BCUT2D eigenvalue weighted by Gasteiger charge is 2.26. The van der Waals surface area contributed by atoms with Crippen LogP contribution < -0.4 is 9.62 Å². The van der Waals surface area contributed by atoms with Gasteiger partial charge >= 0.3 is 0 Å². The fourth-order valence-electron chi connectivity index (χ4n) is 4.02. The van der Waals surface area contributed by atoms with Gasteiger partial charge in [0.2, 0.25) is 10.0 Å². The standard InChI is InChI=1S/C22H27ClN6O4S/c1-13-11-29-20(24-21(13)28-8-7-16(30)12-28)10-19(25-29)14(2)27(3)22(31)17-9-15(23)5-6-18(17)26-34(4,32)33/h5-6,9-11,14,16,26,30H,7-8,12H2,1-4H3/t14-,16-/m0/s1. The molecule has 2 N–H and O–H groups in total. The topological polar surface area (TPSA) is 120 Å². The molecule has 0 spiro atoms. The quantitative estimate of drug-likeness (QED) is 0.527. The molecule has 1 amide bonds. The summed E-state index contributed by atoms with van der Waals surface area (Å²) in [6, 6.07) is 5.80. The number of fused-ring (bicyclic) bond motifs is 1. The Hall–Kier alpha value is -2.89. The number of carbonyl (C=O) groups is 1. The van der Waals surface area contributed by atoms with Crippen molar-refractivity contribution in [2.24, 2.45) is 0 Å². The number of β-amino-alcohol motifs (C(OH)–C–C–N with tert-alkyl or cyclic N) is 1. The first-order valence-corrected chi connectivity index (χ1v) is 13.0. The number of halogens is 1. The number of nitrogens with zero attached hydrogens (tertiary/aromatic N) is 5. The van der Waals surface area contributed by atoms with Crippen molar-refractivity contribution in [2.45, 2.75) is 32.4 Å². The molecule has 2 aromatic heterocycles. The summed E-state index contributed by atoms with van der Waals surface area (Å²) in [4.78, 5) is 21.6. The Bertz CT molecular complexity index is 1360. The zero-order valence-corrected chi connectivity index (χ0v) is 20.9. The fourth-order valence-corrected chi connectivity index (χ4v) is 4.77. The van der Waals surface area contributed by atoms with Crippen molar-refractivity contribution in [3.05, 3.63) is 52.3 Å². The minimum atomic E-state index is -3.59. The zero-order valence-electron chi connectivity index (χ0n) is 19.4. The number of nitrogens with one attached hydrogen (secondary N) is 1. The van der Waals surface area contributed by atoms with Gasteiger partial charge in [0, 0.05) is 43.0 Å². The lowest BCUT2D eigenvalue weighted by Crippen LogP contribution is -2.31. The first-order chi connectivity index (χ1) is 15.9. The highest BCUT2D eigenvalue weighted by atomic mass is 35.5. The molecular formula is C22H27ClN6O4S. The van der Waals surface area contributed by atoms with Gasteiger partial charge in [-0.05, 0) is 38.5 Å². The molecule has 12 heteroatoms. The summed E-state index contributed by atoms with van der Waals surface area (Å²) >= 11 is 6.09. The lowest BCUT2D eigenvalue weighted by Gasteiger charge is -2.24. The zero-order chi connectivity index (χ0) is 24.8. The second-order valence-electron chi connectivity index (χ2n) is 8.66. The number of aryl methyl sites for hydroxylation is 1. The highest BCUT2D eigenvalue weighted by molar-refractivity contribution is 7.92. The molecule has 3 aromatic rings. The molecule has 1 aliphatic heterocycles. The predicted molar refractivity (Wildman–Crippen MR) is 131 cm³/mol. The van der Waals surface area contributed by atoms with E-state index in [-0.39, 0.29) is 17.4 Å². The number of benzene rings is 1. The Balaban J connectivity index is 1.63. The van der Waals surface area contributed by atoms with E-state index in [0.717, 1.165) is 24.2 Å². The molecule has 0 aliphatic carbocycles. The van der Waals surface area contributed by atoms with Gasteiger partial charge in [-0.3, -0.25) is 9.52 Å². The Morgan fingerprint density at radius 1 is 1.35 bits per heavy atom. The van der Waals surface area contributed by atoms with Crippen LogP contribution >= 0.6 is 11.6 Å². The van der Waals surface area contributed by atoms with Gasteiger partial charge in [0.15, 0.2) is 5.65 Å². The van der Waals surface area contributed by atoms with Crippen molar-refractivity contribution in [1.82, 2.24) is 19.5 Å². The SMILES string of the molecule is Cc1cn2nc([C@H](C)N(C)C(=O)c3cc(Cl)ccc3NS(C)(=O)=O)cc2nc1N1CC[C@H](O)C1. The van der Waals surface area contributed by atoms with Gasteiger partial charge in [-0.1, -0.05) is 11.6 Å². The van der Waals surface area contributed by atoms with Crippen LogP contribution in [0.3, 0.4) is 0 Å². The predicted octanol–water partition coefficient (Wildman–Crippen LogP) is 2.47. The average molecular weight is 507 g/mol. The van der Waals surface area contributed by atoms with Crippen LogP contribution in [0, 0.1) is 6.92 Å². The van der Waals surface area contributed by atoms with Crippen molar-refractivity contribution < 1.29 is 18.3 Å². The first-order valence-electron chi connectivity index (χ1n) is 10.8. The van der Waals surface area contributed by atoms with E-state index >= 15 is 0 Å². The monoisotopic (exact) mass is 506 g/mol. The van der Waals surface area contributed by atoms with Crippen LogP contribution in [0.25, 0.3) is 5.65 Å². The molecule has 1 aromatic carbocycles. The summed E-state index contributed by atoms with van der Waals surface area (Å²) in [6.45, 7) is 5.06. The molecule has 0 radical (unpaired) electrons. The van der Waals surface area contributed by atoms with E-state index in [1.807, 2.05) is 26.1 Å². The maximum Gasteiger partial charge on any atom is 0.256 e. The number of sulfonamides is 1. The lowest BCUT2D eigenvalue weighted by molar-refractivity contribution is 0.0740. The number of anilines is 2. The van der Waals surface area contributed by atoms with Crippen LogP contribution in [0.4, 0.5) is 11.5 Å². The summed E-state index contributed by atoms with van der Waals surface area (Å²) in [7, 11) is -1.96. The number of carbonyl (C=O) groups excluding carboxylic acids is 1. The van der Waals surface area contributed by atoms with Gasteiger partial charge < -0.3 is 14.9 Å². The van der Waals surface area contributed by atoms with Crippen LogP contribution in [0.1, 0.15) is 41.0 Å². The maximum absolute atomic E-state index is 13.3. The van der Waals surface area contributed by atoms with Gasteiger partial charge in [-0.25, -0.2) is 17.9 Å². The Morgan fingerprint density at radius 3 is 2.74 bits per heavy atom. The van der Waals surface area contributed by atoms with E-state index in [4.69, 9.17) is 16.6 Å². The van der Waals surface area contributed by atoms with E-state index in [2.05, 4.69) is 14.7 Å². The minimum absolute atomic E-state index is 0.139. The number of hydrogen-bond donors (Lipinski definition) is 2. The number of aliphatic hydroxyl groups excluding tert-OH is 1. The molecule has 1 aliphatic rings. The normalized spacial score (nSPS) is 17.2. The largest absolute Gasteiger partial charge is 0.391 e. The number of hydrogen-bond acceptors (Lipinski definition) is 7. The third-order valence-corrected chi connectivity index (χ3v) is 6.75. The summed E-state index contributed by atoms with van der Waals surface area (Å²) < 4.78 is 27.5. The average Bonchev–Trinajstić information content (AvgIpc) is 3.37. The number of rotatable bonds is 6. The maximum atomic E-state index is 13.3. The second kappa shape index (κ2) is 9.05. The lowest BCUT2D eigenvalue weighted by atomic mass is 10.1. The first kappa shape index (κ1) is 24.2. The van der Waals surface area contributed by atoms with E-state index in [9.17, 15) is 18.3 Å². The van der Waals surface area contributed by atoms with Crippen LogP contribution in [-0.2, 0) is 10.0 Å². The van der Waals surface area contributed by atoms with Gasteiger partial charge in [-0.15, -0.1) is 0 Å². The second-order valence-corrected chi connectivity index (χ2v) is 10.8. The third-order valence-electron chi connectivity index (χ3n) is 5.92. The number of aliphatic hydroxyl groups is 1. The summed E-state index contributed by atoms with van der Waals surface area (Å²) in [5, 5.41) is 14.8. The van der Waals surface area contributed by atoms with Gasteiger partial charge in [0.05, 0.1) is 35.3 Å². The molecule has 0 unspecified atom stereocenters. The summed E-state index contributed by atoms with van der Waals surface area (Å²) in [5.41, 5.74) is 2.48. The smallest absolute Gasteiger partial charge is 0.256 e. The minimum Gasteiger partial charge on any atom is -0.391 e. The summed E-state index contributed by atoms with van der Waals surface area (Å²) in [5.74, 6) is 0.400. The molecule has 2 atom stereocenters. The Kier molecular flexibility index (Phi) is 6.45. The highest BCUT2D eigenvalue weighted by Crippen LogP contribution is 2.28. The number of aromatic nitrogens is 3. The van der Waals surface area contributed by atoms with Crippen molar-refractivity contribution in [1.29, 1.82) is 0 Å². The van der Waals surface area contributed by atoms with Gasteiger partial charge in [-0.2, -0.15) is 5.10 Å². The van der Waals surface area contributed by atoms with Crippen molar-refractivity contribution in [3.63, 3.8) is 0 Å². The molecule has 10 nitrogen and oxygen atoms in total. The Morgan fingerprint density at radius 2 is 2.09 bits per heavy atom. The molecule has 3 heterocycles. The van der Waals surface area contributed by atoms with Crippen LogP contribution in [-0.4, -0.2) is 71.4 Å². The Labute approximate surface area is 203 Å². The van der Waals surface area contributed by atoms with Gasteiger partial charge in [0.1, 0.15) is 5.82 Å². The molecule has 4 rings (SSSR count). The molecule has 1 fully saturated rings. The van der Waals surface area contributed by atoms with E-state index in [1.165, 1.54) is 23.1 Å². The van der Waals surface area contributed by atoms with Crippen molar-refractivity contribution >= 4 is 44.7 Å². The van der Waals surface area contributed by atoms with Crippen molar-refractivity contribution in [3.8, 4) is 0 Å².